The number of benzene rings is 1. The number of fused-ring (bicyclic) bond motifs is 1. The molecule has 1 aromatic carbocycles. The van der Waals surface area contributed by atoms with Gasteiger partial charge in [-0.1, -0.05) is 0 Å². The van der Waals surface area contributed by atoms with Crippen molar-refractivity contribution in [2.75, 3.05) is 11.5 Å². The van der Waals surface area contributed by atoms with E-state index in [1.165, 1.54) is 30.3 Å². The Balaban J connectivity index is 1.97. The summed E-state index contributed by atoms with van der Waals surface area (Å²) in [5, 5.41) is 0.469. The van der Waals surface area contributed by atoms with Gasteiger partial charge in [-0.05, 0) is 37.6 Å². The summed E-state index contributed by atoms with van der Waals surface area (Å²) in [6.07, 6.45) is 0.233. The molecule has 1 aromatic heterocycles. The Morgan fingerprint density at radius 3 is 2.61 bits per heavy atom. The quantitative estimate of drug-likeness (QED) is 0.808. The van der Waals surface area contributed by atoms with Gasteiger partial charge in [-0.25, -0.2) is 26.4 Å². The zero-order valence-corrected chi connectivity index (χ0v) is 13.9. The van der Waals surface area contributed by atoms with Crippen molar-refractivity contribution in [1.82, 2.24) is 4.72 Å². The Hall–Kier alpha value is -1.71. The number of sulfonamides is 1. The van der Waals surface area contributed by atoms with E-state index >= 15 is 0 Å². The molecule has 0 spiro atoms. The van der Waals surface area contributed by atoms with Gasteiger partial charge in [-0.3, -0.25) is 0 Å². The molecule has 2 aromatic rings. The van der Waals surface area contributed by atoms with E-state index in [0.29, 0.717) is 5.39 Å². The molecule has 0 aliphatic carbocycles. The van der Waals surface area contributed by atoms with Crippen LogP contribution in [0.15, 0.2) is 44.4 Å². The van der Waals surface area contributed by atoms with Crippen molar-refractivity contribution in [3.05, 3.63) is 40.8 Å². The van der Waals surface area contributed by atoms with E-state index in [0.717, 1.165) is 0 Å². The van der Waals surface area contributed by atoms with Gasteiger partial charge < -0.3 is 4.42 Å². The van der Waals surface area contributed by atoms with E-state index in [1.807, 2.05) is 0 Å². The van der Waals surface area contributed by atoms with Crippen LogP contribution in [0, 0.1) is 0 Å². The van der Waals surface area contributed by atoms with Crippen LogP contribution < -0.4 is 10.3 Å². The first-order chi connectivity index (χ1) is 10.6. The van der Waals surface area contributed by atoms with Crippen molar-refractivity contribution in [3.63, 3.8) is 0 Å². The summed E-state index contributed by atoms with van der Waals surface area (Å²) in [4.78, 5) is 11.1. The summed E-state index contributed by atoms with van der Waals surface area (Å²) in [6.45, 7) is 1.58. The molecule has 1 aliphatic heterocycles. The minimum Gasteiger partial charge on any atom is -0.423 e. The minimum absolute atomic E-state index is 0.00984. The van der Waals surface area contributed by atoms with Crippen LogP contribution in [0.25, 0.3) is 11.0 Å². The summed E-state index contributed by atoms with van der Waals surface area (Å²) in [5.41, 5.74) is -1.25. The molecule has 0 radical (unpaired) electrons. The standard InChI is InChI=1S/C14H15NO6S2/c1-14(6-7-22(17,18)9-14)15-23(19,20)11-3-4-12-10(8-11)2-5-13(16)21-12/h2-5,8,15H,6-7,9H2,1H3/t14-/m0/s1. The molecule has 0 amide bonds. The van der Waals surface area contributed by atoms with Crippen LogP contribution in [0.4, 0.5) is 0 Å². The maximum absolute atomic E-state index is 12.5. The Morgan fingerprint density at radius 2 is 1.96 bits per heavy atom. The number of sulfone groups is 1. The fourth-order valence-corrected chi connectivity index (χ4v) is 6.35. The van der Waals surface area contributed by atoms with Crippen molar-refractivity contribution < 1.29 is 21.3 Å². The average molecular weight is 357 g/mol. The molecule has 9 heteroatoms. The van der Waals surface area contributed by atoms with E-state index in [2.05, 4.69) is 4.72 Å². The lowest BCUT2D eigenvalue weighted by Gasteiger charge is -2.23. The summed E-state index contributed by atoms with van der Waals surface area (Å²) >= 11 is 0. The Morgan fingerprint density at radius 1 is 1.22 bits per heavy atom. The third-order valence-corrected chi connectivity index (χ3v) is 7.32. The van der Waals surface area contributed by atoms with Crippen molar-refractivity contribution in [2.45, 2.75) is 23.8 Å². The largest absolute Gasteiger partial charge is 0.423 e. The van der Waals surface area contributed by atoms with Crippen LogP contribution in [-0.2, 0) is 19.9 Å². The zero-order valence-electron chi connectivity index (χ0n) is 12.3. The molecule has 1 atom stereocenters. The monoisotopic (exact) mass is 357 g/mol. The molecular weight excluding hydrogens is 342 g/mol. The molecule has 1 saturated heterocycles. The lowest BCUT2D eigenvalue weighted by Crippen LogP contribution is -2.46. The Kier molecular flexibility index (Phi) is 3.62. The van der Waals surface area contributed by atoms with Crippen LogP contribution in [-0.4, -0.2) is 33.9 Å². The zero-order chi connectivity index (χ0) is 16.9. The van der Waals surface area contributed by atoms with Crippen LogP contribution in [0.3, 0.4) is 0 Å². The number of hydrogen-bond acceptors (Lipinski definition) is 6. The molecule has 0 saturated carbocycles. The van der Waals surface area contributed by atoms with E-state index in [1.54, 1.807) is 6.92 Å². The van der Waals surface area contributed by atoms with Crippen molar-refractivity contribution in [1.29, 1.82) is 0 Å². The second kappa shape index (κ2) is 5.15. The Bertz CT molecular complexity index is 1040. The lowest BCUT2D eigenvalue weighted by molar-refractivity contribution is 0.462. The fraction of sp³-hybridized carbons (Fsp3) is 0.357. The van der Waals surface area contributed by atoms with Crippen LogP contribution in [0.5, 0.6) is 0 Å². The third kappa shape index (κ3) is 3.31. The first-order valence-corrected chi connectivity index (χ1v) is 10.2. The van der Waals surface area contributed by atoms with Gasteiger partial charge in [0.1, 0.15) is 5.58 Å². The highest BCUT2D eigenvalue weighted by atomic mass is 32.2. The summed E-state index contributed by atoms with van der Waals surface area (Å²) in [5.74, 6) is -0.253. The molecule has 0 bridgehead atoms. The number of rotatable bonds is 3. The van der Waals surface area contributed by atoms with Crippen molar-refractivity contribution >= 4 is 30.8 Å². The van der Waals surface area contributed by atoms with E-state index in [4.69, 9.17) is 4.42 Å². The molecule has 1 N–H and O–H groups in total. The van der Waals surface area contributed by atoms with Crippen LogP contribution >= 0.6 is 0 Å². The maximum Gasteiger partial charge on any atom is 0.336 e. The molecule has 1 fully saturated rings. The van der Waals surface area contributed by atoms with Gasteiger partial charge in [0.2, 0.25) is 10.0 Å². The molecular formula is C14H15NO6S2. The van der Waals surface area contributed by atoms with Gasteiger partial charge in [-0.15, -0.1) is 0 Å². The SMILES string of the molecule is C[C@]1(NS(=O)(=O)c2ccc3oc(=O)ccc3c2)CCS(=O)(=O)C1. The van der Waals surface area contributed by atoms with Crippen molar-refractivity contribution in [2.24, 2.45) is 0 Å². The van der Waals surface area contributed by atoms with E-state index < -0.39 is 31.0 Å². The summed E-state index contributed by atoms with van der Waals surface area (Å²) in [7, 11) is -7.11. The highest BCUT2D eigenvalue weighted by molar-refractivity contribution is 7.92. The smallest absolute Gasteiger partial charge is 0.336 e. The maximum atomic E-state index is 12.5. The molecule has 7 nitrogen and oxygen atoms in total. The Labute approximate surface area is 133 Å². The second-order valence-electron chi connectivity index (χ2n) is 5.96. The van der Waals surface area contributed by atoms with Gasteiger partial charge in [0.25, 0.3) is 0 Å². The first kappa shape index (κ1) is 16.2. The average Bonchev–Trinajstić information content (AvgIpc) is 2.70. The first-order valence-electron chi connectivity index (χ1n) is 6.87. The molecule has 1 aliphatic rings. The highest BCUT2D eigenvalue weighted by Crippen LogP contribution is 2.26. The highest BCUT2D eigenvalue weighted by Gasteiger charge is 2.41. The minimum atomic E-state index is -3.89. The van der Waals surface area contributed by atoms with Gasteiger partial charge in [0.15, 0.2) is 9.84 Å². The van der Waals surface area contributed by atoms with Gasteiger partial charge >= 0.3 is 5.63 Å². The normalized spacial score (nSPS) is 24.0. The van der Waals surface area contributed by atoms with Gasteiger partial charge in [0.05, 0.1) is 16.4 Å². The van der Waals surface area contributed by atoms with Crippen LogP contribution in [0.1, 0.15) is 13.3 Å². The molecule has 124 valence electrons. The van der Waals surface area contributed by atoms with E-state index in [-0.39, 0.29) is 28.4 Å². The molecule has 23 heavy (non-hydrogen) atoms. The predicted molar refractivity (Wildman–Crippen MR) is 84.5 cm³/mol. The van der Waals surface area contributed by atoms with Crippen LogP contribution in [0.2, 0.25) is 0 Å². The number of hydrogen-bond donors (Lipinski definition) is 1. The van der Waals surface area contributed by atoms with E-state index in [9.17, 15) is 21.6 Å². The number of nitrogens with one attached hydrogen (secondary N) is 1. The summed E-state index contributed by atoms with van der Waals surface area (Å²) < 4.78 is 55.7. The predicted octanol–water partition coefficient (Wildman–Crippen LogP) is 0.649. The summed E-state index contributed by atoms with van der Waals surface area (Å²) in [6, 6.07) is 6.78. The second-order valence-corrected chi connectivity index (χ2v) is 9.83. The lowest BCUT2D eigenvalue weighted by atomic mass is 10.0. The topological polar surface area (TPSA) is 111 Å². The van der Waals surface area contributed by atoms with Gasteiger partial charge in [-0.2, -0.15) is 0 Å². The molecule has 0 unspecified atom stereocenters. The molecule has 3 rings (SSSR count). The van der Waals surface area contributed by atoms with Gasteiger partial charge in [0, 0.05) is 17.0 Å². The molecule has 2 heterocycles. The third-order valence-electron chi connectivity index (χ3n) is 3.79. The fourth-order valence-electron chi connectivity index (χ4n) is 2.69. The van der Waals surface area contributed by atoms with Crippen molar-refractivity contribution in [3.8, 4) is 0 Å².